The van der Waals surface area contributed by atoms with Gasteiger partial charge < -0.3 is 10.4 Å². The van der Waals surface area contributed by atoms with E-state index in [1.165, 1.54) is 26.1 Å². The minimum absolute atomic E-state index is 0.141. The van der Waals surface area contributed by atoms with Crippen LogP contribution >= 0.6 is 0 Å². The summed E-state index contributed by atoms with van der Waals surface area (Å²) in [6.07, 6.45) is 1.29. The first-order chi connectivity index (χ1) is 12.1. The lowest BCUT2D eigenvalue weighted by molar-refractivity contribution is -0.395. The molecule has 1 heterocycles. The van der Waals surface area contributed by atoms with Gasteiger partial charge in [-0.3, -0.25) is 29.7 Å². The lowest BCUT2D eigenvalue weighted by Crippen LogP contribution is -2.18. The number of benzene rings is 1. The highest BCUT2D eigenvalue weighted by Gasteiger charge is 2.24. The van der Waals surface area contributed by atoms with E-state index in [1.54, 1.807) is 0 Å². The molecular formula is C14H13N5O7. The maximum absolute atomic E-state index is 12.2. The van der Waals surface area contributed by atoms with Gasteiger partial charge in [0.25, 0.3) is 17.3 Å². The summed E-state index contributed by atoms with van der Waals surface area (Å²) >= 11 is 0. The van der Waals surface area contributed by atoms with Gasteiger partial charge >= 0.3 is 5.97 Å². The number of nitro benzene ring substituents is 2. The minimum atomic E-state index is -1.15. The molecule has 12 heteroatoms. The number of aliphatic carboxylic acids is 1. The third-order valence-electron chi connectivity index (χ3n) is 3.60. The molecule has 1 aromatic carbocycles. The van der Waals surface area contributed by atoms with E-state index >= 15 is 0 Å². The number of anilines is 1. The molecule has 0 aliphatic heterocycles. The predicted molar refractivity (Wildman–Crippen MR) is 87.0 cm³/mol. The number of hydrogen-bond acceptors (Lipinski definition) is 7. The first-order valence-electron chi connectivity index (χ1n) is 7.14. The van der Waals surface area contributed by atoms with Gasteiger partial charge in [0.15, 0.2) is 5.69 Å². The molecule has 0 aliphatic carbocycles. The van der Waals surface area contributed by atoms with Crippen LogP contribution in [-0.4, -0.2) is 36.6 Å². The standard InChI is InChI=1S/C14H13N5O7/c1-7-11(18(23)24)5-9(6-12(7)19(25)26)15-13(20)10-3-4-17(16-10)8(2)14(21)22/h3-6,8H,1-2H3,(H,15,20)(H,21,22). The highest BCUT2D eigenvalue weighted by atomic mass is 16.6. The van der Waals surface area contributed by atoms with Crippen LogP contribution in [0.15, 0.2) is 24.4 Å². The number of carboxylic acids is 1. The molecule has 0 saturated heterocycles. The van der Waals surface area contributed by atoms with Gasteiger partial charge in [-0.1, -0.05) is 0 Å². The third kappa shape index (κ3) is 3.63. The first-order valence-corrected chi connectivity index (χ1v) is 7.14. The minimum Gasteiger partial charge on any atom is -0.480 e. The lowest BCUT2D eigenvalue weighted by Gasteiger charge is -2.07. The van der Waals surface area contributed by atoms with E-state index in [1.807, 2.05) is 0 Å². The molecule has 12 nitrogen and oxygen atoms in total. The Morgan fingerprint density at radius 3 is 2.23 bits per heavy atom. The Kier molecular flexibility index (Phi) is 4.96. The Morgan fingerprint density at radius 2 is 1.77 bits per heavy atom. The highest BCUT2D eigenvalue weighted by molar-refractivity contribution is 6.03. The van der Waals surface area contributed by atoms with Crippen molar-refractivity contribution in [1.82, 2.24) is 9.78 Å². The summed E-state index contributed by atoms with van der Waals surface area (Å²) in [4.78, 5) is 43.6. The number of nitrogens with zero attached hydrogens (tertiary/aromatic N) is 4. The average Bonchev–Trinajstić information content (AvgIpc) is 3.04. The molecule has 0 bridgehead atoms. The van der Waals surface area contributed by atoms with E-state index in [0.717, 1.165) is 16.8 Å². The summed E-state index contributed by atoms with van der Waals surface area (Å²) in [5.41, 5.74) is -1.47. The molecule has 1 atom stereocenters. The van der Waals surface area contributed by atoms with Crippen LogP contribution in [0.1, 0.15) is 29.0 Å². The normalized spacial score (nSPS) is 11.6. The Balaban J connectivity index is 2.33. The van der Waals surface area contributed by atoms with Crippen molar-refractivity contribution in [2.45, 2.75) is 19.9 Å². The number of carboxylic acid groups (broad SMARTS) is 1. The second kappa shape index (κ2) is 6.96. The number of carbonyl (C=O) groups is 2. The number of hydrogen-bond donors (Lipinski definition) is 2. The molecule has 1 aromatic heterocycles. The SMILES string of the molecule is Cc1c([N+](=O)[O-])cc(NC(=O)c2ccn(C(C)C(=O)O)n2)cc1[N+](=O)[O-]. The summed E-state index contributed by atoms with van der Waals surface area (Å²) in [7, 11) is 0. The van der Waals surface area contributed by atoms with Crippen LogP contribution in [0.3, 0.4) is 0 Å². The maximum Gasteiger partial charge on any atom is 0.328 e. The molecule has 2 aromatic rings. The smallest absolute Gasteiger partial charge is 0.328 e. The van der Waals surface area contributed by atoms with Crippen molar-refractivity contribution in [3.8, 4) is 0 Å². The zero-order valence-electron chi connectivity index (χ0n) is 13.6. The van der Waals surface area contributed by atoms with Crippen molar-refractivity contribution in [3.63, 3.8) is 0 Å². The molecule has 136 valence electrons. The van der Waals surface area contributed by atoms with Crippen LogP contribution in [-0.2, 0) is 4.79 Å². The highest BCUT2D eigenvalue weighted by Crippen LogP contribution is 2.31. The van der Waals surface area contributed by atoms with Gasteiger partial charge in [0.2, 0.25) is 0 Å². The van der Waals surface area contributed by atoms with Crippen molar-refractivity contribution < 1.29 is 24.5 Å². The van der Waals surface area contributed by atoms with Crippen molar-refractivity contribution in [1.29, 1.82) is 0 Å². The maximum atomic E-state index is 12.2. The lowest BCUT2D eigenvalue weighted by atomic mass is 10.1. The first kappa shape index (κ1) is 18.5. The van der Waals surface area contributed by atoms with Crippen molar-refractivity contribution in [3.05, 3.63) is 55.9 Å². The molecule has 26 heavy (non-hydrogen) atoms. The number of amides is 1. The van der Waals surface area contributed by atoms with Gasteiger partial charge in [0, 0.05) is 18.3 Å². The van der Waals surface area contributed by atoms with E-state index < -0.39 is 39.1 Å². The number of nitrogens with one attached hydrogen (secondary N) is 1. The Bertz CT molecular complexity index is 885. The van der Waals surface area contributed by atoms with Crippen LogP contribution in [0.2, 0.25) is 0 Å². The Morgan fingerprint density at radius 1 is 1.23 bits per heavy atom. The summed E-state index contributed by atoms with van der Waals surface area (Å²) in [6, 6.07) is 2.25. The van der Waals surface area contributed by atoms with E-state index in [9.17, 15) is 29.8 Å². The summed E-state index contributed by atoms with van der Waals surface area (Å²) in [6.45, 7) is 2.60. The summed E-state index contributed by atoms with van der Waals surface area (Å²) in [5.74, 6) is -1.95. The molecular weight excluding hydrogens is 350 g/mol. The fraction of sp³-hybridized carbons (Fsp3) is 0.214. The third-order valence-corrected chi connectivity index (χ3v) is 3.60. The van der Waals surface area contributed by atoms with Crippen LogP contribution in [0.5, 0.6) is 0 Å². The molecule has 0 fully saturated rings. The van der Waals surface area contributed by atoms with E-state index in [-0.39, 0.29) is 16.9 Å². The summed E-state index contributed by atoms with van der Waals surface area (Å²) in [5, 5.41) is 37.1. The average molecular weight is 363 g/mol. The topological polar surface area (TPSA) is 170 Å². The molecule has 2 N–H and O–H groups in total. The molecule has 1 amide bonds. The summed E-state index contributed by atoms with van der Waals surface area (Å²) < 4.78 is 1.05. The zero-order chi connectivity index (χ0) is 19.6. The van der Waals surface area contributed by atoms with Gasteiger partial charge in [-0.05, 0) is 19.9 Å². The van der Waals surface area contributed by atoms with Gasteiger partial charge in [-0.2, -0.15) is 5.10 Å². The molecule has 2 rings (SSSR count). The van der Waals surface area contributed by atoms with E-state index in [4.69, 9.17) is 5.11 Å². The number of rotatable bonds is 6. The van der Waals surface area contributed by atoms with Crippen LogP contribution in [0, 0.1) is 27.2 Å². The van der Waals surface area contributed by atoms with E-state index in [2.05, 4.69) is 10.4 Å². The monoisotopic (exact) mass is 363 g/mol. The number of aromatic nitrogens is 2. The molecule has 1 unspecified atom stereocenters. The van der Waals surface area contributed by atoms with Gasteiger partial charge in [0.05, 0.1) is 15.5 Å². The molecule has 0 aliphatic rings. The van der Waals surface area contributed by atoms with Crippen LogP contribution in [0.4, 0.5) is 17.1 Å². The van der Waals surface area contributed by atoms with Gasteiger partial charge in [-0.15, -0.1) is 0 Å². The molecule has 0 radical (unpaired) electrons. The quantitative estimate of drug-likeness (QED) is 0.578. The van der Waals surface area contributed by atoms with E-state index in [0.29, 0.717) is 0 Å². The zero-order valence-corrected chi connectivity index (χ0v) is 13.6. The largest absolute Gasteiger partial charge is 0.480 e. The Hall–Kier alpha value is -3.83. The number of carbonyl (C=O) groups excluding carboxylic acids is 1. The van der Waals surface area contributed by atoms with Crippen molar-refractivity contribution in [2.75, 3.05) is 5.32 Å². The fourth-order valence-electron chi connectivity index (χ4n) is 2.12. The predicted octanol–water partition coefficient (Wildman–Crippen LogP) is 1.91. The molecule has 0 saturated carbocycles. The van der Waals surface area contributed by atoms with Gasteiger partial charge in [0.1, 0.15) is 11.6 Å². The second-order valence-corrected chi connectivity index (χ2v) is 5.30. The van der Waals surface area contributed by atoms with Crippen molar-refractivity contribution >= 4 is 28.9 Å². The number of nitro groups is 2. The second-order valence-electron chi connectivity index (χ2n) is 5.30. The van der Waals surface area contributed by atoms with Gasteiger partial charge in [-0.25, -0.2) is 4.79 Å². The Labute approximate surface area is 145 Å². The van der Waals surface area contributed by atoms with Crippen LogP contribution in [0.25, 0.3) is 0 Å². The fourth-order valence-corrected chi connectivity index (χ4v) is 2.12. The van der Waals surface area contributed by atoms with Crippen molar-refractivity contribution in [2.24, 2.45) is 0 Å². The molecule has 0 spiro atoms. The van der Waals surface area contributed by atoms with Crippen LogP contribution < -0.4 is 5.32 Å².